The van der Waals surface area contributed by atoms with Gasteiger partial charge in [-0.05, 0) is 48.9 Å². The molecule has 4 heteroatoms. The van der Waals surface area contributed by atoms with Gasteiger partial charge >= 0.3 is 0 Å². The van der Waals surface area contributed by atoms with Gasteiger partial charge in [0, 0.05) is 13.6 Å². The SMILES string of the molecule is C=CCCCCN(C)C(=O)C(N)Cc1ccc(OCc2ccccc2)cc1. The zero-order valence-corrected chi connectivity index (χ0v) is 16.1. The van der Waals surface area contributed by atoms with Crippen molar-refractivity contribution in [2.45, 2.75) is 38.3 Å². The Morgan fingerprint density at radius 3 is 2.48 bits per heavy atom. The average Bonchev–Trinajstić information content (AvgIpc) is 2.70. The highest BCUT2D eigenvalue weighted by atomic mass is 16.5. The summed E-state index contributed by atoms with van der Waals surface area (Å²) in [4.78, 5) is 14.1. The summed E-state index contributed by atoms with van der Waals surface area (Å²) in [6.07, 6.45) is 5.41. The van der Waals surface area contributed by atoms with Crippen LogP contribution in [0, 0.1) is 0 Å². The number of allylic oxidation sites excluding steroid dienone is 1. The fourth-order valence-corrected chi connectivity index (χ4v) is 2.83. The molecule has 144 valence electrons. The van der Waals surface area contributed by atoms with Crippen LogP contribution in [0.1, 0.15) is 30.4 Å². The monoisotopic (exact) mass is 366 g/mol. The topological polar surface area (TPSA) is 55.6 Å². The first-order chi connectivity index (χ1) is 13.1. The van der Waals surface area contributed by atoms with Crippen molar-refractivity contribution in [3.8, 4) is 5.75 Å². The smallest absolute Gasteiger partial charge is 0.239 e. The minimum Gasteiger partial charge on any atom is -0.489 e. The molecule has 2 N–H and O–H groups in total. The van der Waals surface area contributed by atoms with Gasteiger partial charge in [0.1, 0.15) is 12.4 Å². The number of hydrogen-bond acceptors (Lipinski definition) is 3. The van der Waals surface area contributed by atoms with Gasteiger partial charge in [-0.25, -0.2) is 0 Å². The molecule has 0 radical (unpaired) electrons. The number of nitrogens with two attached hydrogens (primary N) is 1. The molecule has 0 aliphatic heterocycles. The van der Waals surface area contributed by atoms with Crippen LogP contribution in [0.5, 0.6) is 5.75 Å². The van der Waals surface area contributed by atoms with E-state index < -0.39 is 6.04 Å². The van der Waals surface area contributed by atoms with E-state index in [4.69, 9.17) is 10.5 Å². The minimum atomic E-state index is -0.523. The van der Waals surface area contributed by atoms with Gasteiger partial charge in [-0.2, -0.15) is 0 Å². The molecule has 0 aliphatic carbocycles. The van der Waals surface area contributed by atoms with Crippen molar-refractivity contribution in [2.24, 2.45) is 5.73 Å². The summed E-state index contributed by atoms with van der Waals surface area (Å²) < 4.78 is 5.79. The van der Waals surface area contributed by atoms with Crippen molar-refractivity contribution < 1.29 is 9.53 Å². The van der Waals surface area contributed by atoms with Gasteiger partial charge in [-0.3, -0.25) is 4.79 Å². The van der Waals surface area contributed by atoms with E-state index in [1.165, 1.54) is 0 Å². The van der Waals surface area contributed by atoms with E-state index in [0.717, 1.165) is 42.7 Å². The van der Waals surface area contributed by atoms with Crippen molar-refractivity contribution in [2.75, 3.05) is 13.6 Å². The summed E-state index contributed by atoms with van der Waals surface area (Å²) in [5.41, 5.74) is 8.28. The largest absolute Gasteiger partial charge is 0.489 e. The third-order valence-corrected chi connectivity index (χ3v) is 4.47. The molecule has 0 aromatic heterocycles. The first-order valence-electron chi connectivity index (χ1n) is 9.47. The molecular formula is C23H30N2O2. The zero-order valence-electron chi connectivity index (χ0n) is 16.1. The summed E-state index contributed by atoms with van der Waals surface area (Å²) in [7, 11) is 1.82. The van der Waals surface area contributed by atoms with E-state index in [-0.39, 0.29) is 5.91 Å². The number of likely N-dealkylation sites (N-methyl/N-ethyl adjacent to an activating group) is 1. The van der Waals surface area contributed by atoms with Crippen LogP contribution in [-0.4, -0.2) is 30.4 Å². The van der Waals surface area contributed by atoms with Crippen molar-refractivity contribution in [1.29, 1.82) is 0 Å². The third-order valence-electron chi connectivity index (χ3n) is 4.47. The fraction of sp³-hybridized carbons (Fsp3) is 0.348. The number of nitrogens with zero attached hydrogens (tertiary/aromatic N) is 1. The molecule has 0 aliphatic rings. The van der Waals surface area contributed by atoms with Crippen molar-refractivity contribution in [1.82, 2.24) is 4.90 Å². The second kappa shape index (κ2) is 11.2. The normalized spacial score (nSPS) is 11.6. The molecule has 4 nitrogen and oxygen atoms in total. The van der Waals surface area contributed by atoms with E-state index in [0.29, 0.717) is 13.0 Å². The van der Waals surface area contributed by atoms with Gasteiger partial charge in [-0.15, -0.1) is 6.58 Å². The first-order valence-corrected chi connectivity index (χ1v) is 9.47. The van der Waals surface area contributed by atoms with Gasteiger partial charge < -0.3 is 15.4 Å². The molecule has 0 bridgehead atoms. The number of carbonyl (C=O) groups excluding carboxylic acids is 1. The summed E-state index contributed by atoms with van der Waals surface area (Å²) in [5.74, 6) is 0.792. The maximum atomic E-state index is 12.4. The number of amides is 1. The van der Waals surface area contributed by atoms with Crippen LogP contribution in [0.15, 0.2) is 67.3 Å². The standard InChI is InChI=1S/C23H30N2O2/c1-3-4-5-9-16-25(2)23(26)22(24)17-19-12-14-21(15-13-19)27-18-20-10-7-6-8-11-20/h3,6-8,10-15,22H,1,4-5,9,16-18,24H2,2H3. The predicted octanol–water partition coefficient (Wildman–Crippen LogP) is 3.95. The molecule has 0 saturated heterocycles. The molecule has 1 atom stereocenters. The number of ether oxygens (including phenoxy) is 1. The number of benzene rings is 2. The molecule has 0 fully saturated rings. The Bertz CT molecular complexity index is 698. The zero-order chi connectivity index (χ0) is 19.5. The summed E-state index contributed by atoms with van der Waals surface area (Å²) in [6, 6.07) is 17.3. The van der Waals surface area contributed by atoms with Crippen molar-refractivity contribution >= 4 is 5.91 Å². The van der Waals surface area contributed by atoms with Crippen LogP contribution >= 0.6 is 0 Å². The molecular weight excluding hydrogens is 336 g/mol. The van der Waals surface area contributed by atoms with Crippen molar-refractivity contribution in [3.63, 3.8) is 0 Å². The molecule has 1 unspecified atom stereocenters. The van der Waals surface area contributed by atoms with Gasteiger partial charge in [0.2, 0.25) is 5.91 Å². The number of carbonyl (C=O) groups is 1. The Labute approximate surface area is 162 Å². The summed E-state index contributed by atoms with van der Waals surface area (Å²) in [5, 5.41) is 0. The minimum absolute atomic E-state index is 0.0157. The van der Waals surface area contributed by atoms with Gasteiger partial charge in [0.15, 0.2) is 0 Å². The molecule has 0 heterocycles. The number of unbranched alkanes of at least 4 members (excludes halogenated alkanes) is 2. The highest BCUT2D eigenvalue weighted by molar-refractivity contribution is 5.81. The van der Waals surface area contributed by atoms with Gasteiger partial charge in [0.05, 0.1) is 6.04 Å². The third kappa shape index (κ3) is 7.27. The molecule has 2 aromatic carbocycles. The van der Waals surface area contributed by atoms with Crippen LogP contribution in [0.3, 0.4) is 0 Å². The van der Waals surface area contributed by atoms with Crippen LogP contribution in [0.2, 0.25) is 0 Å². The van der Waals surface area contributed by atoms with E-state index in [9.17, 15) is 4.79 Å². The fourth-order valence-electron chi connectivity index (χ4n) is 2.83. The quantitative estimate of drug-likeness (QED) is 0.484. The van der Waals surface area contributed by atoms with E-state index in [1.54, 1.807) is 4.90 Å². The van der Waals surface area contributed by atoms with E-state index in [2.05, 4.69) is 6.58 Å². The second-order valence-corrected chi connectivity index (χ2v) is 6.77. The molecule has 2 aromatic rings. The highest BCUT2D eigenvalue weighted by Gasteiger charge is 2.18. The van der Waals surface area contributed by atoms with Crippen molar-refractivity contribution in [3.05, 3.63) is 78.4 Å². The molecule has 27 heavy (non-hydrogen) atoms. The van der Waals surface area contributed by atoms with Crippen LogP contribution in [0.25, 0.3) is 0 Å². The Morgan fingerprint density at radius 2 is 1.81 bits per heavy atom. The Hall–Kier alpha value is -2.59. The van der Waals surface area contributed by atoms with E-state index in [1.807, 2.05) is 67.7 Å². The maximum absolute atomic E-state index is 12.4. The van der Waals surface area contributed by atoms with Gasteiger partial charge in [-0.1, -0.05) is 48.5 Å². The molecule has 1 amide bonds. The first kappa shape index (κ1) is 20.7. The maximum Gasteiger partial charge on any atom is 0.239 e. The Kier molecular flexibility index (Phi) is 8.59. The van der Waals surface area contributed by atoms with Gasteiger partial charge in [0.25, 0.3) is 0 Å². The Morgan fingerprint density at radius 1 is 1.11 bits per heavy atom. The molecule has 2 rings (SSSR count). The Balaban J connectivity index is 1.78. The number of hydrogen-bond donors (Lipinski definition) is 1. The van der Waals surface area contributed by atoms with E-state index >= 15 is 0 Å². The summed E-state index contributed by atoms with van der Waals surface area (Å²) >= 11 is 0. The lowest BCUT2D eigenvalue weighted by atomic mass is 10.1. The van der Waals surface area contributed by atoms with Crippen LogP contribution in [0.4, 0.5) is 0 Å². The lowest BCUT2D eigenvalue weighted by Crippen LogP contribution is -2.43. The molecule has 0 saturated carbocycles. The predicted molar refractivity (Wildman–Crippen MR) is 111 cm³/mol. The lowest BCUT2D eigenvalue weighted by Gasteiger charge is -2.21. The number of rotatable bonds is 11. The molecule has 0 spiro atoms. The lowest BCUT2D eigenvalue weighted by molar-refractivity contribution is -0.131. The van der Waals surface area contributed by atoms with Crippen LogP contribution < -0.4 is 10.5 Å². The average molecular weight is 367 g/mol. The summed E-state index contributed by atoms with van der Waals surface area (Å²) in [6.45, 7) is 4.98. The highest BCUT2D eigenvalue weighted by Crippen LogP contribution is 2.15. The second-order valence-electron chi connectivity index (χ2n) is 6.77. The van der Waals surface area contributed by atoms with Crippen LogP contribution in [-0.2, 0) is 17.8 Å².